The molecule has 7 nitrogen and oxygen atoms in total. The molecule has 1 aliphatic heterocycles. The lowest BCUT2D eigenvalue weighted by atomic mass is 9.84. The summed E-state index contributed by atoms with van der Waals surface area (Å²) in [4.78, 5) is 26.9. The maximum Gasteiger partial charge on any atom is 0.252 e. The van der Waals surface area contributed by atoms with Gasteiger partial charge >= 0.3 is 0 Å². The number of piperidine rings is 1. The van der Waals surface area contributed by atoms with Crippen LogP contribution < -0.4 is 5.73 Å². The van der Waals surface area contributed by atoms with Crippen molar-refractivity contribution in [1.29, 1.82) is 5.26 Å². The van der Waals surface area contributed by atoms with Crippen molar-refractivity contribution in [3.05, 3.63) is 77.6 Å². The third-order valence-corrected chi connectivity index (χ3v) is 7.58. The van der Waals surface area contributed by atoms with Gasteiger partial charge in [0.15, 0.2) is 0 Å². The topological polar surface area (TPSA) is 105 Å². The van der Waals surface area contributed by atoms with Crippen LogP contribution in [-0.2, 0) is 23.3 Å². The molecule has 2 heterocycles. The predicted molar refractivity (Wildman–Crippen MR) is 137 cm³/mol. The number of carbonyl (C=O) groups is 2. The van der Waals surface area contributed by atoms with Gasteiger partial charge in [-0.25, -0.2) is 0 Å². The Bertz CT molecular complexity index is 1280. The van der Waals surface area contributed by atoms with Gasteiger partial charge in [-0.1, -0.05) is 54.6 Å². The molecule has 1 amide bonds. The molecule has 0 radical (unpaired) electrons. The molecule has 1 aliphatic carbocycles. The molecule has 2 N–H and O–H groups in total. The minimum atomic E-state index is -0.580. The van der Waals surface area contributed by atoms with Crippen molar-refractivity contribution in [3.63, 3.8) is 0 Å². The number of nitrogens with zero attached hydrogens (tertiary/aromatic N) is 4. The van der Waals surface area contributed by atoms with Gasteiger partial charge in [0.2, 0.25) is 0 Å². The Kier molecular flexibility index (Phi) is 6.71. The highest BCUT2D eigenvalue weighted by Crippen LogP contribution is 2.35. The summed E-state index contributed by atoms with van der Waals surface area (Å²) in [7, 11) is 0. The second kappa shape index (κ2) is 10.1. The van der Waals surface area contributed by atoms with E-state index in [1.165, 1.54) is 16.7 Å². The number of nitriles is 1. The lowest BCUT2D eigenvalue weighted by Gasteiger charge is -2.40. The van der Waals surface area contributed by atoms with Crippen LogP contribution in [0.25, 0.3) is 11.1 Å². The number of benzene rings is 2. The summed E-state index contributed by atoms with van der Waals surface area (Å²) in [6.07, 6.45) is 5.37. The highest BCUT2D eigenvalue weighted by atomic mass is 16.1. The first-order valence-corrected chi connectivity index (χ1v) is 12.6. The minimum Gasteiger partial charge on any atom is -0.365 e. The largest absolute Gasteiger partial charge is 0.365 e. The van der Waals surface area contributed by atoms with Crippen molar-refractivity contribution in [2.24, 2.45) is 11.7 Å². The molecule has 5 rings (SSSR count). The number of primary amides is 1. The predicted octanol–water partition coefficient (Wildman–Crippen LogP) is 4.08. The minimum absolute atomic E-state index is 0.0916. The Morgan fingerprint density at radius 3 is 2.31 bits per heavy atom. The van der Waals surface area contributed by atoms with Crippen molar-refractivity contribution in [3.8, 4) is 17.2 Å². The Labute approximate surface area is 211 Å². The molecule has 7 heteroatoms. The summed E-state index contributed by atoms with van der Waals surface area (Å²) >= 11 is 0. The smallest absolute Gasteiger partial charge is 0.252 e. The molecular formula is C29H31N5O2. The molecule has 1 saturated carbocycles. The van der Waals surface area contributed by atoms with E-state index < -0.39 is 11.4 Å². The number of Topliss-reactive ketones (excluding diaryl/α,β-unsaturated/α-hetero) is 1. The fraction of sp³-hybridized carbons (Fsp3) is 0.379. The molecule has 0 spiro atoms. The number of hydrogen-bond donors (Lipinski definition) is 1. The molecular weight excluding hydrogens is 450 g/mol. The molecule has 2 aliphatic rings. The number of hydrogen-bond acceptors (Lipinski definition) is 5. The average Bonchev–Trinajstić information content (AvgIpc) is 3.66. The zero-order valence-corrected chi connectivity index (χ0v) is 20.4. The lowest BCUT2D eigenvalue weighted by molar-refractivity contribution is -0.119. The van der Waals surface area contributed by atoms with Crippen molar-refractivity contribution in [1.82, 2.24) is 14.7 Å². The molecule has 184 valence electrons. The molecule has 2 aromatic carbocycles. The first kappa shape index (κ1) is 24.0. The standard InChI is InChI=1S/C29H31N5O2/c30-15-12-29(34-20-25(28(31)36)26(32-34)18-27(35)24-10-11-24)13-16-33(17-14-29)19-21-6-8-23(9-7-21)22-4-2-1-3-5-22/h1-9,20,24H,10-14,16-19H2,(H2,31,36). The number of aromatic nitrogens is 2. The van der Waals surface area contributed by atoms with E-state index in [-0.39, 0.29) is 18.1 Å². The zero-order chi connectivity index (χ0) is 25.1. The molecule has 1 aromatic heterocycles. The van der Waals surface area contributed by atoms with Gasteiger partial charge in [0, 0.05) is 31.7 Å². The summed E-state index contributed by atoms with van der Waals surface area (Å²) in [5.74, 6) is -0.373. The zero-order valence-electron chi connectivity index (χ0n) is 20.4. The summed E-state index contributed by atoms with van der Waals surface area (Å²) < 4.78 is 1.76. The van der Waals surface area contributed by atoms with Crippen molar-refractivity contribution < 1.29 is 9.59 Å². The van der Waals surface area contributed by atoms with Gasteiger partial charge in [-0.05, 0) is 42.4 Å². The normalized spacial score (nSPS) is 17.4. The van der Waals surface area contributed by atoms with E-state index in [9.17, 15) is 14.9 Å². The van der Waals surface area contributed by atoms with E-state index >= 15 is 0 Å². The van der Waals surface area contributed by atoms with Crippen molar-refractivity contribution in [2.75, 3.05) is 13.1 Å². The number of carbonyl (C=O) groups excluding carboxylic acids is 2. The van der Waals surface area contributed by atoms with Gasteiger partial charge in [-0.3, -0.25) is 19.2 Å². The van der Waals surface area contributed by atoms with Crippen LogP contribution in [0.1, 0.15) is 53.7 Å². The second-order valence-electron chi connectivity index (χ2n) is 10.1. The number of ketones is 1. The first-order valence-electron chi connectivity index (χ1n) is 12.6. The van der Waals surface area contributed by atoms with Gasteiger partial charge in [-0.15, -0.1) is 0 Å². The third kappa shape index (κ3) is 5.09. The van der Waals surface area contributed by atoms with Crippen LogP contribution in [0.4, 0.5) is 0 Å². The maximum atomic E-state index is 12.4. The van der Waals surface area contributed by atoms with E-state index in [2.05, 4.69) is 52.5 Å². The maximum absolute atomic E-state index is 12.4. The molecule has 0 bridgehead atoms. The number of amides is 1. The quantitative estimate of drug-likeness (QED) is 0.496. The summed E-state index contributed by atoms with van der Waals surface area (Å²) in [5, 5.41) is 14.3. The van der Waals surface area contributed by atoms with E-state index in [1.54, 1.807) is 10.9 Å². The van der Waals surface area contributed by atoms with Crippen LogP contribution in [0.15, 0.2) is 60.8 Å². The van der Waals surface area contributed by atoms with Crippen molar-refractivity contribution >= 4 is 11.7 Å². The van der Waals surface area contributed by atoms with E-state index in [0.29, 0.717) is 17.7 Å². The Balaban J connectivity index is 1.28. The van der Waals surface area contributed by atoms with E-state index in [0.717, 1.165) is 45.3 Å². The van der Waals surface area contributed by atoms with Crippen LogP contribution >= 0.6 is 0 Å². The molecule has 0 unspecified atom stereocenters. The lowest BCUT2D eigenvalue weighted by Crippen LogP contribution is -2.46. The van der Waals surface area contributed by atoms with Crippen molar-refractivity contribution in [2.45, 2.75) is 50.6 Å². The summed E-state index contributed by atoms with van der Waals surface area (Å²) in [5.41, 5.74) is 9.50. The first-order chi connectivity index (χ1) is 17.5. The average molecular weight is 482 g/mol. The van der Waals surface area contributed by atoms with Gasteiger partial charge in [0.25, 0.3) is 5.91 Å². The van der Waals surface area contributed by atoms with E-state index in [4.69, 9.17) is 5.73 Å². The highest BCUT2D eigenvalue weighted by Gasteiger charge is 2.39. The molecule has 0 atom stereocenters. The molecule has 3 aromatic rings. The van der Waals surface area contributed by atoms with Gasteiger partial charge in [0.1, 0.15) is 5.78 Å². The summed E-state index contributed by atoms with van der Waals surface area (Å²) in [6, 6.07) is 21.3. The van der Waals surface area contributed by atoms with Crippen LogP contribution in [0.3, 0.4) is 0 Å². The van der Waals surface area contributed by atoms with Crippen LogP contribution in [-0.4, -0.2) is 39.5 Å². The highest BCUT2D eigenvalue weighted by molar-refractivity contribution is 5.95. The Morgan fingerprint density at radius 1 is 1.03 bits per heavy atom. The van der Waals surface area contributed by atoms with Gasteiger partial charge in [0.05, 0.1) is 35.7 Å². The molecule has 36 heavy (non-hydrogen) atoms. The van der Waals surface area contributed by atoms with Gasteiger partial charge < -0.3 is 5.73 Å². The fourth-order valence-electron chi connectivity index (χ4n) is 5.16. The van der Waals surface area contributed by atoms with Gasteiger partial charge in [-0.2, -0.15) is 10.4 Å². The third-order valence-electron chi connectivity index (χ3n) is 7.58. The van der Waals surface area contributed by atoms with Crippen LogP contribution in [0, 0.1) is 17.2 Å². The SMILES string of the molecule is N#CCC1(n2cc(C(N)=O)c(CC(=O)C3CC3)n2)CCN(Cc2ccc(-c3ccccc3)cc2)CC1. The van der Waals surface area contributed by atoms with E-state index in [1.807, 2.05) is 18.2 Å². The number of likely N-dealkylation sites (tertiary alicyclic amines) is 1. The summed E-state index contributed by atoms with van der Waals surface area (Å²) in [6.45, 7) is 2.46. The molecule has 2 fully saturated rings. The van der Waals surface area contributed by atoms with Crippen LogP contribution in [0.2, 0.25) is 0 Å². The fourth-order valence-corrected chi connectivity index (χ4v) is 5.16. The second-order valence-corrected chi connectivity index (χ2v) is 10.1. The number of rotatable bonds is 9. The Hall–Kier alpha value is -3.76. The monoisotopic (exact) mass is 481 g/mol. The number of nitrogens with two attached hydrogens (primary N) is 1. The molecule has 1 saturated heterocycles. The van der Waals surface area contributed by atoms with Crippen LogP contribution in [0.5, 0.6) is 0 Å². The Morgan fingerprint density at radius 2 is 1.69 bits per heavy atom.